The molecule has 2 aromatic carbocycles. The molecule has 2 aromatic rings. The summed E-state index contributed by atoms with van der Waals surface area (Å²) in [7, 11) is 0. The summed E-state index contributed by atoms with van der Waals surface area (Å²) in [4.78, 5) is 24.5. The van der Waals surface area contributed by atoms with E-state index in [2.05, 4.69) is 29.6 Å². The van der Waals surface area contributed by atoms with Gasteiger partial charge in [-0.15, -0.1) is 0 Å². The first-order valence-corrected chi connectivity index (χ1v) is 11.3. The van der Waals surface area contributed by atoms with Crippen LogP contribution in [-0.4, -0.2) is 41.5 Å². The highest BCUT2D eigenvalue weighted by molar-refractivity contribution is 5.79. The average molecular weight is 436 g/mol. The van der Waals surface area contributed by atoms with Crippen molar-refractivity contribution in [3.8, 4) is 11.1 Å². The summed E-state index contributed by atoms with van der Waals surface area (Å²) in [5.74, 6) is -0.776. The molecule has 2 saturated heterocycles. The molecule has 4 aliphatic rings. The molecule has 2 aliphatic carbocycles. The Labute approximate surface area is 187 Å². The maximum absolute atomic E-state index is 12.6. The molecule has 6 heteroatoms. The number of fused-ring (bicyclic) bond motifs is 6. The standard InChI is InChI=1S/C26H29NO5/c1-24(2)26(22(28)29)13-11-25(32-24,12-14-26)16-27-23(30)31-15-21-19-9-5-3-7-17(19)18-8-4-6-10-20(18)21/h3-10,21H,11-16H2,1-2H3,(H,27,30)(H,28,29). The van der Waals surface area contributed by atoms with Crippen LogP contribution in [0, 0.1) is 5.41 Å². The van der Waals surface area contributed by atoms with Crippen LogP contribution in [0.25, 0.3) is 11.1 Å². The highest BCUT2D eigenvalue weighted by Crippen LogP contribution is 2.57. The molecule has 2 N–H and O–H groups in total. The van der Waals surface area contributed by atoms with Gasteiger partial charge in [-0.1, -0.05) is 48.5 Å². The molecule has 0 unspecified atom stereocenters. The van der Waals surface area contributed by atoms with Crippen molar-refractivity contribution in [3.05, 3.63) is 59.7 Å². The maximum Gasteiger partial charge on any atom is 0.407 e. The van der Waals surface area contributed by atoms with Crippen molar-refractivity contribution in [1.29, 1.82) is 0 Å². The zero-order valence-corrected chi connectivity index (χ0v) is 18.5. The third kappa shape index (κ3) is 3.12. The van der Waals surface area contributed by atoms with Gasteiger partial charge in [0.25, 0.3) is 0 Å². The molecule has 0 spiro atoms. The summed E-state index contributed by atoms with van der Waals surface area (Å²) >= 11 is 0. The minimum absolute atomic E-state index is 0.0158. The third-order valence-corrected chi connectivity index (χ3v) is 7.95. The van der Waals surface area contributed by atoms with Crippen LogP contribution in [0.5, 0.6) is 0 Å². The Bertz CT molecular complexity index is 1020. The number of carbonyl (C=O) groups is 2. The molecule has 1 saturated carbocycles. The van der Waals surface area contributed by atoms with Crippen LogP contribution >= 0.6 is 0 Å². The van der Waals surface area contributed by atoms with Crippen LogP contribution in [-0.2, 0) is 14.3 Å². The number of carboxylic acid groups (broad SMARTS) is 1. The van der Waals surface area contributed by atoms with Gasteiger partial charge in [0.2, 0.25) is 0 Å². The second-order valence-electron chi connectivity index (χ2n) is 9.86. The van der Waals surface area contributed by atoms with E-state index in [-0.39, 0.29) is 12.5 Å². The van der Waals surface area contributed by atoms with E-state index in [1.165, 1.54) is 22.3 Å². The molecule has 32 heavy (non-hydrogen) atoms. The largest absolute Gasteiger partial charge is 0.481 e. The van der Waals surface area contributed by atoms with E-state index in [0.29, 0.717) is 32.2 Å². The predicted molar refractivity (Wildman–Crippen MR) is 120 cm³/mol. The van der Waals surface area contributed by atoms with Gasteiger partial charge in [-0.2, -0.15) is 0 Å². The lowest BCUT2D eigenvalue weighted by atomic mass is 9.57. The van der Waals surface area contributed by atoms with Gasteiger partial charge in [0.15, 0.2) is 0 Å². The lowest BCUT2D eigenvalue weighted by molar-refractivity contribution is -0.273. The van der Waals surface area contributed by atoms with Gasteiger partial charge in [-0.25, -0.2) is 4.79 Å². The highest BCUT2D eigenvalue weighted by Gasteiger charge is 2.63. The van der Waals surface area contributed by atoms with Crippen molar-refractivity contribution in [1.82, 2.24) is 5.32 Å². The van der Waals surface area contributed by atoms with Crippen molar-refractivity contribution in [3.63, 3.8) is 0 Å². The molecule has 2 bridgehead atoms. The predicted octanol–water partition coefficient (Wildman–Crippen LogP) is 4.72. The smallest absolute Gasteiger partial charge is 0.407 e. The van der Waals surface area contributed by atoms with Crippen molar-refractivity contribution >= 4 is 12.1 Å². The van der Waals surface area contributed by atoms with E-state index in [1.807, 2.05) is 38.1 Å². The Morgan fingerprint density at radius 1 is 1.00 bits per heavy atom. The Balaban J connectivity index is 1.22. The highest BCUT2D eigenvalue weighted by atomic mass is 16.6. The van der Waals surface area contributed by atoms with Crippen LogP contribution in [0.3, 0.4) is 0 Å². The summed E-state index contributed by atoms with van der Waals surface area (Å²) < 4.78 is 11.9. The number of benzene rings is 2. The molecule has 3 fully saturated rings. The first kappa shape index (κ1) is 21.0. The van der Waals surface area contributed by atoms with Gasteiger partial charge in [0.05, 0.1) is 16.6 Å². The van der Waals surface area contributed by atoms with E-state index < -0.39 is 28.7 Å². The lowest BCUT2D eigenvalue weighted by Gasteiger charge is -2.59. The molecular weight excluding hydrogens is 406 g/mol. The van der Waals surface area contributed by atoms with Gasteiger partial charge in [-0.3, -0.25) is 4.79 Å². The van der Waals surface area contributed by atoms with Crippen molar-refractivity contribution in [2.24, 2.45) is 5.41 Å². The molecule has 0 aromatic heterocycles. The van der Waals surface area contributed by atoms with Gasteiger partial charge in [0.1, 0.15) is 6.61 Å². The molecule has 0 radical (unpaired) electrons. The van der Waals surface area contributed by atoms with Crippen molar-refractivity contribution in [2.45, 2.75) is 56.7 Å². The van der Waals surface area contributed by atoms with Crippen LogP contribution in [0.2, 0.25) is 0 Å². The number of amides is 1. The van der Waals surface area contributed by atoms with Crippen LogP contribution < -0.4 is 5.32 Å². The van der Waals surface area contributed by atoms with Gasteiger partial charge < -0.3 is 19.9 Å². The number of carboxylic acids is 1. The fourth-order valence-electron chi connectivity index (χ4n) is 6.04. The molecule has 6 rings (SSSR count). The number of ether oxygens (including phenoxy) is 2. The Morgan fingerprint density at radius 3 is 2.09 bits per heavy atom. The normalized spacial score (nSPS) is 27.4. The number of rotatable bonds is 5. The van der Waals surface area contributed by atoms with Gasteiger partial charge in [-0.05, 0) is 61.8 Å². The van der Waals surface area contributed by atoms with Gasteiger partial charge in [0, 0.05) is 12.5 Å². The van der Waals surface area contributed by atoms with Crippen LogP contribution in [0.15, 0.2) is 48.5 Å². The van der Waals surface area contributed by atoms with E-state index >= 15 is 0 Å². The fraction of sp³-hybridized carbons (Fsp3) is 0.462. The number of carbonyl (C=O) groups excluding carboxylic acids is 1. The number of nitrogens with one attached hydrogen (secondary N) is 1. The zero-order valence-electron chi connectivity index (χ0n) is 18.5. The van der Waals surface area contributed by atoms with E-state index in [9.17, 15) is 14.7 Å². The summed E-state index contributed by atoms with van der Waals surface area (Å²) in [6.07, 6.45) is 1.88. The summed E-state index contributed by atoms with van der Waals surface area (Å²) in [6, 6.07) is 16.5. The second-order valence-corrected chi connectivity index (χ2v) is 9.86. The molecular formula is C26H29NO5. The summed E-state index contributed by atoms with van der Waals surface area (Å²) in [5, 5.41) is 12.7. The first-order valence-electron chi connectivity index (χ1n) is 11.3. The SMILES string of the molecule is CC1(C)OC2(CNC(=O)OCC3c4ccccc4-c4ccccc43)CCC1(C(=O)O)CC2. The molecule has 1 amide bonds. The molecule has 0 atom stereocenters. The minimum atomic E-state index is -0.849. The summed E-state index contributed by atoms with van der Waals surface area (Å²) in [5.41, 5.74) is 2.57. The topological polar surface area (TPSA) is 84.9 Å². The van der Waals surface area contributed by atoms with E-state index in [1.54, 1.807) is 0 Å². The molecule has 6 nitrogen and oxygen atoms in total. The maximum atomic E-state index is 12.6. The Morgan fingerprint density at radius 2 is 1.56 bits per heavy atom. The fourth-order valence-corrected chi connectivity index (χ4v) is 6.04. The Kier molecular flexibility index (Phi) is 4.82. The molecule has 2 aliphatic heterocycles. The number of hydrogen-bond donors (Lipinski definition) is 2. The number of hydrogen-bond acceptors (Lipinski definition) is 4. The van der Waals surface area contributed by atoms with E-state index in [0.717, 1.165) is 0 Å². The lowest BCUT2D eigenvalue weighted by Crippen LogP contribution is -2.67. The molecule has 2 heterocycles. The Hall–Kier alpha value is -2.86. The van der Waals surface area contributed by atoms with Crippen molar-refractivity contribution < 1.29 is 24.2 Å². The van der Waals surface area contributed by atoms with Crippen LogP contribution in [0.4, 0.5) is 4.79 Å². The number of aliphatic carboxylic acids is 1. The quantitative estimate of drug-likeness (QED) is 0.710. The minimum Gasteiger partial charge on any atom is -0.481 e. The summed E-state index contributed by atoms with van der Waals surface area (Å²) in [6.45, 7) is 4.28. The number of alkyl carbamates (subject to hydrolysis) is 1. The average Bonchev–Trinajstić information content (AvgIpc) is 3.10. The first-order chi connectivity index (χ1) is 15.3. The van der Waals surface area contributed by atoms with Gasteiger partial charge >= 0.3 is 12.1 Å². The van der Waals surface area contributed by atoms with E-state index in [4.69, 9.17) is 9.47 Å². The molecule has 168 valence electrons. The third-order valence-electron chi connectivity index (χ3n) is 7.95. The monoisotopic (exact) mass is 435 g/mol. The second kappa shape index (κ2) is 7.34. The van der Waals surface area contributed by atoms with Crippen LogP contribution in [0.1, 0.15) is 56.6 Å². The zero-order chi connectivity index (χ0) is 22.6. The van der Waals surface area contributed by atoms with Crippen molar-refractivity contribution in [2.75, 3.05) is 13.2 Å².